The van der Waals surface area contributed by atoms with Gasteiger partial charge in [-0.3, -0.25) is 4.79 Å². The number of aromatic nitrogens is 2. The first kappa shape index (κ1) is 15.5. The van der Waals surface area contributed by atoms with Gasteiger partial charge >= 0.3 is 5.97 Å². The van der Waals surface area contributed by atoms with Gasteiger partial charge in [-0.2, -0.15) is 0 Å². The molecule has 0 saturated carbocycles. The lowest BCUT2D eigenvalue weighted by atomic mass is 9.98. The Morgan fingerprint density at radius 3 is 3.05 bits per heavy atom. The van der Waals surface area contributed by atoms with Crippen LogP contribution >= 0.6 is 0 Å². The van der Waals surface area contributed by atoms with E-state index in [4.69, 9.17) is 9.47 Å². The van der Waals surface area contributed by atoms with Gasteiger partial charge in [-0.15, -0.1) is 0 Å². The molecule has 1 saturated heterocycles. The Morgan fingerprint density at radius 2 is 2.43 bits per heavy atom. The number of amides is 1. The van der Waals surface area contributed by atoms with Crippen molar-refractivity contribution in [3.63, 3.8) is 0 Å². The zero-order valence-electron chi connectivity index (χ0n) is 12.3. The first-order valence-electron chi connectivity index (χ1n) is 7.12. The fraction of sp³-hybridized carbons (Fsp3) is 0.643. The van der Waals surface area contributed by atoms with Crippen molar-refractivity contribution in [2.75, 3.05) is 13.7 Å². The molecule has 0 aromatic carbocycles. The number of hydrogen-bond acceptors (Lipinski definition) is 5. The molecule has 2 N–H and O–H groups in total. The first-order chi connectivity index (χ1) is 10.2. The number of hydrogen-bond donors (Lipinski definition) is 2. The third-order valence-electron chi connectivity index (χ3n) is 3.73. The summed E-state index contributed by atoms with van der Waals surface area (Å²) in [6.45, 7) is 2.57. The van der Waals surface area contributed by atoms with Crippen LogP contribution in [0.25, 0.3) is 0 Å². The van der Waals surface area contributed by atoms with Crippen molar-refractivity contribution in [3.8, 4) is 0 Å². The summed E-state index contributed by atoms with van der Waals surface area (Å²) in [5.74, 6) is -0.830. The lowest BCUT2D eigenvalue weighted by Crippen LogP contribution is -2.47. The molecular weight excluding hydrogens is 274 g/mol. The Kier molecular flexibility index (Phi) is 5.32. The first-order valence-corrected chi connectivity index (χ1v) is 7.12. The zero-order valence-corrected chi connectivity index (χ0v) is 12.3. The topological polar surface area (TPSA) is 93.3 Å². The van der Waals surface area contributed by atoms with Crippen LogP contribution < -0.4 is 5.32 Å². The molecule has 1 fully saturated rings. The monoisotopic (exact) mass is 295 g/mol. The van der Waals surface area contributed by atoms with E-state index in [2.05, 4.69) is 15.3 Å². The number of rotatable bonds is 6. The minimum absolute atomic E-state index is 0.0737. The van der Waals surface area contributed by atoms with Gasteiger partial charge in [0.05, 0.1) is 25.5 Å². The highest BCUT2D eigenvalue weighted by atomic mass is 16.5. The van der Waals surface area contributed by atoms with Crippen LogP contribution in [0.4, 0.5) is 0 Å². The number of ether oxygens (including phenoxy) is 2. The minimum Gasteiger partial charge on any atom is -0.467 e. The van der Waals surface area contributed by atoms with Crippen LogP contribution in [0.3, 0.4) is 0 Å². The Morgan fingerprint density at radius 1 is 1.62 bits per heavy atom. The number of carbonyl (C=O) groups excluding carboxylic acids is 2. The molecule has 1 aliphatic rings. The normalized spacial score (nSPS) is 22.8. The fourth-order valence-corrected chi connectivity index (χ4v) is 2.58. The fourth-order valence-electron chi connectivity index (χ4n) is 2.58. The molecule has 2 unspecified atom stereocenters. The predicted octanol–water partition coefficient (Wildman–Crippen LogP) is 0.425. The van der Waals surface area contributed by atoms with Gasteiger partial charge in [0.1, 0.15) is 6.04 Å². The van der Waals surface area contributed by atoms with E-state index in [1.54, 1.807) is 6.20 Å². The van der Waals surface area contributed by atoms with Crippen LogP contribution in [0.1, 0.15) is 25.5 Å². The van der Waals surface area contributed by atoms with E-state index in [9.17, 15) is 9.59 Å². The lowest BCUT2D eigenvalue weighted by Gasteiger charge is -2.21. The van der Waals surface area contributed by atoms with Crippen LogP contribution in [-0.4, -0.2) is 47.7 Å². The smallest absolute Gasteiger partial charge is 0.328 e. The quantitative estimate of drug-likeness (QED) is 0.742. The summed E-state index contributed by atoms with van der Waals surface area (Å²) in [6.07, 6.45) is 4.86. The van der Waals surface area contributed by atoms with Crippen molar-refractivity contribution in [2.45, 2.75) is 38.3 Å². The molecule has 3 atom stereocenters. The summed E-state index contributed by atoms with van der Waals surface area (Å²) in [5, 5.41) is 2.77. The number of aromatic amines is 1. The summed E-state index contributed by atoms with van der Waals surface area (Å²) in [6, 6.07) is -0.721. The molecule has 0 aliphatic carbocycles. The SMILES string of the molecule is CCC1OCCC1C(=O)N[C@@H](Cc1cnc[nH]1)C(=O)OC. The van der Waals surface area contributed by atoms with Gasteiger partial charge in [0.25, 0.3) is 0 Å². The molecule has 0 radical (unpaired) electrons. The number of imidazole rings is 1. The van der Waals surface area contributed by atoms with Crippen LogP contribution in [0.15, 0.2) is 12.5 Å². The van der Waals surface area contributed by atoms with Gasteiger partial charge in [-0.25, -0.2) is 9.78 Å². The molecule has 2 rings (SSSR count). The van der Waals surface area contributed by atoms with E-state index >= 15 is 0 Å². The molecule has 1 amide bonds. The van der Waals surface area contributed by atoms with Crippen molar-refractivity contribution in [3.05, 3.63) is 18.2 Å². The molecule has 2 heterocycles. The third kappa shape index (κ3) is 3.81. The second kappa shape index (κ2) is 7.21. The van der Waals surface area contributed by atoms with Crippen LogP contribution in [-0.2, 0) is 25.5 Å². The van der Waals surface area contributed by atoms with Gasteiger partial charge < -0.3 is 19.8 Å². The Hall–Kier alpha value is -1.89. The number of nitrogens with zero attached hydrogens (tertiary/aromatic N) is 1. The summed E-state index contributed by atoms with van der Waals surface area (Å²) in [7, 11) is 1.31. The molecule has 1 aliphatic heterocycles. The molecule has 0 spiro atoms. The Balaban J connectivity index is 2.00. The molecule has 116 valence electrons. The third-order valence-corrected chi connectivity index (χ3v) is 3.73. The van der Waals surface area contributed by atoms with E-state index in [1.165, 1.54) is 13.4 Å². The van der Waals surface area contributed by atoms with E-state index < -0.39 is 12.0 Å². The van der Waals surface area contributed by atoms with E-state index in [0.717, 1.165) is 12.1 Å². The molecular formula is C14H21N3O4. The number of esters is 1. The minimum atomic E-state index is -0.721. The van der Waals surface area contributed by atoms with Crippen LogP contribution in [0.2, 0.25) is 0 Å². The number of carbonyl (C=O) groups is 2. The van der Waals surface area contributed by atoms with Crippen molar-refractivity contribution in [1.29, 1.82) is 0 Å². The lowest BCUT2D eigenvalue weighted by molar-refractivity contribution is -0.145. The summed E-state index contributed by atoms with van der Waals surface area (Å²) < 4.78 is 10.3. The van der Waals surface area contributed by atoms with Gasteiger partial charge in [0, 0.05) is 24.9 Å². The van der Waals surface area contributed by atoms with Gasteiger partial charge in [0.15, 0.2) is 0 Å². The Labute approximate surface area is 123 Å². The van der Waals surface area contributed by atoms with E-state index in [0.29, 0.717) is 19.4 Å². The largest absolute Gasteiger partial charge is 0.467 e. The highest BCUT2D eigenvalue weighted by Gasteiger charge is 2.35. The standard InChI is InChI=1S/C14H21N3O4/c1-3-12-10(4-5-21-12)13(18)17-11(14(19)20-2)6-9-7-15-8-16-9/h7-8,10-12H,3-6H2,1-2H3,(H,15,16)(H,17,18)/t10?,11-,12?/m0/s1. The summed E-state index contributed by atoms with van der Waals surface area (Å²) in [4.78, 5) is 31.0. The zero-order chi connectivity index (χ0) is 15.2. The molecule has 0 bridgehead atoms. The highest BCUT2D eigenvalue weighted by Crippen LogP contribution is 2.23. The summed E-state index contributed by atoms with van der Waals surface area (Å²) in [5.41, 5.74) is 0.764. The molecule has 7 nitrogen and oxygen atoms in total. The van der Waals surface area contributed by atoms with E-state index in [1.807, 2.05) is 6.92 Å². The number of methoxy groups -OCH3 is 1. The second-order valence-electron chi connectivity index (χ2n) is 5.08. The molecule has 21 heavy (non-hydrogen) atoms. The number of H-pyrrole nitrogens is 1. The number of nitrogens with one attached hydrogen (secondary N) is 2. The highest BCUT2D eigenvalue weighted by molar-refractivity contribution is 5.86. The maximum Gasteiger partial charge on any atom is 0.328 e. The van der Waals surface area contributed by atoms with Crippen molar-refractivity contribution in [2.24, 2.45) is 5.92 Å². The van der Waals surface area contributed by atoms with Gasteiger partial charge in [-0.05, 0) is 12.8 Å². The molecule has 1 aromatic rings. The average molecular weight is 295 g/mol. The van der Waals surface area contributed by atoms with Crippen LogP contribution in [0.5, 0.6) is 0 Å². The van der Waals surface area contributed by atoms with E-state index in [-0.39, 0.29) is 17.9 Å². The molecule has 1 aromatic heterocycles. The maximum atomic E-state index is 12.3. The predicted molar refractivity (Wildman–Crippen MR) is 74.4 cm³/mol. The average Bonchev–Trinajstić information content (AvgIpc) is 3.16. The van der Waals surface area contributed by atoms with Crippen molar-refractivity contribution < 1.29 is 19.1 Å². The van der Waals surface area contributed by atoms with Crippen molar-refractivity contribution in [1.82, 2.24) is 15.3 Å². The second-order valence-corrected chi connectivity index (χ2v) is 5.08. The summed E-state index contributed by atoms with van der Waals surface area (Å²) >= 11 is 0. The van der Waals surface area contributed by atoms with Gasteiger partial charge in [-0.1, -0.05) is 6.92 Å². The van der Waals surface area contributed by atoms with Crippen molar-refractivity contribution >= 4 is 11.9 Å². The van der Waals surface area contributed by atoms with Gasteiger partial charge in [0.2, 0.25) is 5.91 Å². The Bertz CT molecular complexity index is 475. The van der Waals surface area contributed by atoms with Crippen LogP contribution in [0, 0.1) is 5.92 Å². The molecule has 7 heteroatoms. The maximum absolute atomic E-state index is 12.3.